The van der Waals surface area contributed by atoms with Gasteiger partial charge in [0, 0.05) is 18.7 Å². The monoisotopic (exact) mass is 352 g/mol. The number of hydrogen-bond acceptors (Lipinski definition) is 4. The van der Waals surface area contributed by atoms with Crippen LogP contribution >= 0.6 is 11.8 Å². The van der Waals surface area contributed by atoms with Crippen molar-refractivity contribution in [1.82, 2.24) is 10.6 Å². The van der Waals surface area contributed by atoms with Crippen LogP contribution in [0.2, 0.25) is 0 Å². The lowest BCUT2D eigenvalue weighted by Gasteiger charge is -2.19. The van der Waals surface area contributed by atoms with Crippen LogP contribution in [0.4, 0.5) is 0 Å². The maximum absolute atomic E-state index is 12.4. The van der Waals surface area contributed by atoms with Gasteiger partial charge in [0.2, 0.25) is 11.8 Å². The first-order valence-corrected chi connectivity index (χ1v) is 8.97. The molecule has 0 saturated carbocycles. The van der Waals surface area contributed by atoms with E-state index in [0.29, 0.717) is 24.3 Å². The lowest BCUT2D eigenvalue weighted by atomic mass is 10.0. The number of carbonyl (C=O) groups excluding carboxylic acids is 2. The van der Waals surface area contributed by atoms with Crippen molar-refractivity contribution >= 4 is 29.5 Å². The molecule has 0 fully saturated rings. The molecule has 1 aromatic carbocycles. The number of carboxylic acids is 1. The van der Waals surface area contributed by atoms with E-state index in [9.17, 15) is 14.4 Å². The SMILES string of the molecule is CC(C)CC(=O)NC(C(=O)NCCSCC(=O)O)c1ccccc1. The van der Waals surface area contributed by atoms with Gasteiger partial charge in [-0.15, -0.1) is 11.8 Å². The Morgan fingerprint density at radius 2 is 1.83 bits per heavy atom. The molecule has 0 aliphatic heterocycles. The van der Waals surface area contributed by atoms with Gasteiger partial charge in [0.05, 0.1) is 5.75 Å². The Kier molecular flexibility index (Phi) is 8.93. The molecule has 0 radical (unpaired) electrons. The average Bonchev–Trinajstić information content (AvgIpc) is 2.52. The summed E-state index contributed by atoms with van der Waals surface area (Å²) in [6.45, 7) is 4.23. The molecule has 0 aromatic heterocycles. The molecule has 0 aliphatic carbocycles. The van der Waals surface area contributed by atoms with Crippen LogP contribution in [0.5, 0.6) is 0 Å². The van der Waals surface area contributed by atoms with Crippen molar-refractivity contribution in [2.75, 3.05) is 18.1 Å². The van der Waals surface area contributed by atoms with Gasteiger partial charge in [0.1, 0.15) is 6.04 Å². The zero-order valence-corrected chi connectivity index (χ0v) is 14.8. The zero-order valence-electron chi connectivity index (χ0n) is 14.0. The Morgan fingerprint density at radius 3 is 2.42 bits per heavy atom. The van der Waals surface area contributed by atoms with Gasteiger partial charge in [-0.05, 0) is 11.5 Å². The molecular weight excluding hydrogens is 328 g/mol. The normalized spacial score (nSPS) is 11.8. The van der Waals surface area contributed by atoms with Crippen LogP contribution in [0.1, 0.15) is 31.9 Å². The van der Waals surface area contributed by atoms with E-state index in [1.807, 2.05) is 32.0 Å². The van der Waals surface area contributed by atoms with E-state index < -0.39 is 12.0 Å². The number of aliphatic carboxylic acids is 1. The molecule has 2 amide bonds. The van der Waals surface area contributed by atoms with Crippen molar-refractivity contribution in [2.45, 2.75) is 26.3 Å². The zero-order chi connectivity index (χ0) is 17.9. The van der Waals surface area contributed by atoms with Crippen LogP contribution in [-0.2, 0) is 14.4 Å². The molecule has 132 valence electrons. The third-order valence-corrected chi connectivity index (χ3v) is 4.01. The largest absolute Gasteiger partial charge is 0.481 e. The molecule has 1 atom stereocenters. The number of thioether (sulfide) groups is 1. The third-order valence-electron chi connectivity index (χ3n) is 3.07. The van der Waals surface area contributed by atoms with Crippen LogP contribution in [-0.4, -0.2) is 40.9 Å². The minimum atomic E-state index is -0.880. The molecule has 1 rings (SSSR count). The summed E-state index contributed by atoms with van der Waals surface area (Å²) in [6.07, 6.45) is 0.352. The van der Waals surface area contributed by atoms with Gasteiger partial charge in [-0.25, -0.2) is 0 Å². The smallest absolute Gasteiger partial charge is 0.313 e. The van der Waals surface area contributed by atoms with Gasteiger partial charge < -0.3 is 15.7 Å². The van der Waals surface area contributed by atoms with Gasteiger partial charge in [-0.2, -0.15) is 0 Å². The standard InChI is InChI=1S/C17H24N2O4S/c1-12(2)10-14(20)19-16(13-6-4-3-5-7-13)17(23)18-8-9-24-11-15(21)22/h3-7,12,16H,8-11H2,1-2H3,(H,18,23)(H,19,20)(H,21,22). The molecule has 0 aliphatic rings. The second kappa shape index (κ2) is 10.7. The fraction of sp³-hybridized carbons (Fsp3) is 0.471. The van der Waals surface area contributed by atoms with E-state index in [0.717, 1.165) is 0 Å². The highest BCUT2D eigenvalue weighted by molar-refractivity contribution is 7.99. The van der Waals surface area contributed by atoms with Gasteiger partial charge in [-0.3, -0.25) is 14.4 Å². The predicted molar refractivity (Wildman–Crippen MR) is 94.8 cm³/mol. The van der Waals surface area contributed by atoms with E-state index in [-0.39, 0.29) is 23.5 Å². The number of benzene rings is 1. The van der Waals surface area contributed by atoms with Gasteiger partial charge in [-0.1, -0.05) is 44.2 Å². The summed E-state index contributed by atoms with van der Waals surface area (Å²) in [5, 5.41) is 14.1. The molecule has 0 saturated heterocycles. The van der Waals surface area contributed by atoms with Crippen molar-refractivity contribution in [3.05, 3.63) is 35.9 Å². The minimum Gasteiger partial charge on any atom is -0.481 e. The highest BCUT2D eigenvalue weighted by atomic mass is 32.2. The first-order chi connectivity index (χ1) is 11.4. The van der Waals surface area contributed by atoms with E-state index in [2.05, 4.69) is 10.6 Å². The number of rotatable bonds is 10. The van der Waals surface area contributed by atoms with Crippen molar-refractivity contribution in [2.24, 2.45) is 5.92 Å². The first kappa shape index (κ1) is 20.0. The second-order valence-electron chi connectivity index (χ2n) is 5.75. The number of hydrogen-bond donors (Lipinski definition) is 3. The summed E-state index contributed by atoms with van der Waals surface area (Å²) < 4.78 is 0. The molecule has 1 unspecified atom stereocenters. The van der Waals surface area contributed by atoms with E-state index >= 15 is 0 Å². The van der Waals surface area contributed by atoms with Crippen LogP contribution in [0, 0.1) is 5.92 Å². The number of nitrogens with one attached hydrogen (secondary N) is 2. The Labute approximate surface area is 146 Å². The van der Waals surface area contributed by atoms with Gasteiger partial charge in [0.25, 0.3) is 0 Å². The van der Waals surface area contributed by atoms with Crippen LogP contribution < -0.4 is 10.6 Å². The first-order valence-electron chi connectivity index (χ1n) is 7.81. The van der Waals surface area contributed by atoms with E-state index in [4.69, 9.17) is 5.11 Å². The van der Waals surface area contributed by atoms with Crippen LogP contribution in [0.3, 0.4) is 0 Å². The molecule has 7 heteroatoms. The fourth-order valence-corrected chi connectivity index (χ4v) is 2.61. The second-order valence-corrected chi connectivity index (χ2v) is 6.85. The number of amides is 2. The van der Waals surface area contributed by atoms with Crippen LogP contribution in [0.15, 0.2) is 30.3 Å². The third kappa shape index (κ3) is 8.01. The predicted octanol–water partition coefficient (Wildman–Crippen LogP) is 1.82. The van der Waals surface area contributed by atoms with Crippen molar-refractivity contribution < 1.29 is 19.5 Å². The molecule has 24 heavy (non-hydrogen) atoms. The summed E-state index contributed by atoms with van der Waals surface area (Å²) >= 11 is 1.23. The summed E-state index contributed by atoms with van der Waals surface area (Å²) in [7, 11) is 0. The number of carboxylic acid groups (broad SMARTS) is 1. The highest BCUT2D eigenvalue weighted by Crippen LogP contribution is 2.14. The number of carbonyl (C=O) groups is 3. The van der Waals surface area contributed by atoms with Crippen molar-refractivity contribution in [3.8, 4) is 0 Å². The quantitative estimate of drug-likeness (QED) is 0.558. The average molecular weight is 352 g/mol. The van der Waals surface area contributed by atoms with Crippen LogP contribution in [0.25, 0.3) is 0 Å². The Morgan fingerprint density at radius 1 is 1.17 bits per heavy atom. The highest BCUT2D eigenvalue weighted by Gasteiger charge is 2.22. The molecule has 6 nitrogen and oxygen atoms in total. The lowest BCUT2D eigenvalue weighted by Crippen LogP contribution is -2.41. The molecular formula is C17H24N2O4S. The fourth-order valence-electron chi connectivity index (χ4n) is 2.04. The van der Waals surface area contributed by atoms with Crippen molar-refractivity contribution in [1.29, 1.82) is 0 Å². The summed E-state index contributed by atoms with van der Waals surface area (Å²) in [5.74, 6) is -0.641. The molecule has 1 aromatic rings. The Bertz CT molecular complexity index is 549. The maximum Gasteiger partial charge on any atom is 0.313 e. The van der Waals surface area contributed by atoms with Crippen molar-refractivity contribution in [3.63, 3.8) is 0 Å². The maximum atomic E-state index is 12.4. The molecule has 0 spiro atoms. The minimum absolute atomic E-state index is 0.00308. The lowest BCUT2D eigenvalue weighted by molar-refractivity contribution is -0.134. The van der Waals surface area contributed by atoms with E-state index in [1.54, 1.807) is 12.1 Å². The molecule has 3 N–H and O–H groups in total. The molecule has 0 heterocycles. The van der Waals surface area contributed by atoms with Gasteiger partial charge >= 0.3 is 5.97 Å². The van der Waals surface area contributed by atoms with E-state index in [1.165, 1.54) is 11.8 Å². The Balaban J connectivity index is 2.62. The summed E-state index contributed by atoms with van der Waals surface area (Å²) in [5.41, 5.74) is 0.713. The van der Waals surface area contributed by atoms with Gasteiger partial charge in [0.15, 0.2) is 0 Å². The summed E-state index contributed by atoms with van der Waals surface area (Å²) in [6, 6.07) is 8.30. The molecule has 0 bridgehead atoms. The topological polar surface area (TPSA) is 95.5 Å². The summed E-state index contributed by atoms with van der Waals surface area (Å²) in [4.78, 5) is 34.9. The Hall–Kier alpha value is -2.02.